The number of fused-ring (bicyclic) bond motifs is 5. The lowest BCUT2D eigenvalue weighted by molar-refractivity contribution is -0.181. The van der Waals surface area contributed by atoms with Gasteiger partial charge in [0.15, 0.2) is 40.2 Å². The molecule has 3 N–H and O–H groups in total. The van der Waals surface area contributed by atoms with Gasteiger partial charge in [-0.3, -0.25) is 28.9 Å². The first-order valence-corrected chi connectivity index (χ1v) is 14.6. The van der Waals surface area contributed by atoms with Crippen LogP contribution in [0, 0.1) is 23.7 Å². The van der Waals surface area contributed by atoms with Gasteiger partial charge in [-0.1, -0.05) is 12.1 Å². The maximum atomic E-state index is 14.4. The minimum atomic E-state index is -2.73. The number of carbonyl (C=O) groups is 5. The number of hydrogen-bond donors (Lipinski definition) is 2. The van der Waals surface area contributed by atoms with Crippen LogP contribution in [0.25, 0.3) is 23.3 Å². The standard InChI is InChI=1S/C33H34N4O8/c1-36(2)21-14-20-29(45-22(35-20)10-9-15-7-6-8-17(11-15)44-5)24-18(21)12-16-13-19-26(37(3)4)28(39)25(32(34)42)31(41)33(19,43)30(40)23(16)27(24)38/h6-11,14,16,19,23,25-26,43H,12-13H2,1-5H3,(H2,34,42)/t16-,19-,23?,25?,26-,33-/m0/s1. The summed E-state index contributed by atoms with van der Waals surface area (Å²) in [5.74, 6) is -9.13. The van der Waals surface area contributed by atoms with Crippen molar-refractivity contribution in [3.8, 4) is 5.75 Å². The van der Waals surface area contributed by atoms with Crippen LogP contribution in [0.4, 0.5) is 5.69 Å². The smallest absolute Gasteiger partial charge is 0.235 e. The highest BCUT2D eigenvalue weighted by molar-refractivity contribution is 6.32. The van der Waals surface area contributed by atoms with Crippen molar-refractivity contribution in [3.05, 3.63) is 52.9 Å². The number of Topliss-reactive ketones (excluding diaryl/α,β-unsaturated/α-hetero) is 4. The topological polar surface area (TPSA) is 173 Å². The number of methoxy groups -OCH3 is 1. The third-order valence-electron chi connectivity index (χ3n) is 9.43. The van der Waals surface area contributed by atoms with Gasteiger partial charge in [-0.15, -0.1) is 0 Å². The van der Waals surface area contributed by atoms with Gasteiger partial charge in [-0.05, 0) is 68.3 Å². The van der Waals surface area contributed by atoms with Crippen LogP contribution in [0.15, 0.2) is 34.7 Å². The first kappa shape index (κ1) is 30.4. The van der Waals surface area contributed by atoms with Crippen molar-refractivity contribution in [3.63, 3.8) is 0 Å². The molecule has 2 saturated carbocycles. The Hall–Kier alpha value is -4.68. The summed E-state index contributed by atoms with van der Waals surface area (Å²) in [6.45, 7) is 0. The third kappa shape index (κ3) is 4.50. The van der Waals surface area contributed by atoms with E-state index in [0.29, 0.717) is 22.5 Å². The summed E-state index contributed by atoms with van der Waals surface area (Å²) in [5.41, 5.74) is 5.64. The molecule has 12 nitrogen and oxygen atoms in total. The predicted octanol–water partition coefficient (Wildman–Crippen LogP) is 1.55. The zero-order valence-electron chi connectivity index (χ0n) is 25.6. The Morgan fingerprint density at radius 3 is 2.49 bits per heavy atom. The second-order valence-corrected chi connectivity index (χ2v) is 12.4. The van der Waals surface area contributed by atoms with E-state index in [4.69, 9.17) is 14.9 Å². The summed E-state index contributed by atoms with van der Waals surface area (Å²) in [4.78, 5) is 75.6. The Morgan fingerprint density at radius 2 is 1.84 bits per heavy atom. The van der Waals surface area contributed by atoms with Gasteiger partial charge in [0.1, 0.15) is 11.3 Å². The lowest BCUT2D eigenvalue weighted by Gasteiger charge is -2.52. The van der Waals surface area contributed by atoms with Crippen LogP contribution in [0.1, 0.15) is 33.8 Å². The summed E-state index contributed by atoms with van der Waals surface area (Å²) >= 11 is 0. The van der Waals surface area contributed by atoms with Crippen molar-refractivity contribution < 1.29 is 38.2 Å². The fourth-order valence-electron chi connectivity index (χ4n) is 7.44. The van der Waals surface area contributed by atoms with E-state index in [2.05, 4.69) is 4.98 Å². The van der Waals surface area contributed by atoms with E-state index in [9.17, 15) is 29.1 Å². The largest absolute Gasteiger partial charge is 0.497 e. The van der Waals surface area contributed by atoms with Gasteiger partial charge < -0.3 is 24.9 Å². The van der Waals surface area contributed by atoms with Crippen LogP contribution in [0.5, 0.6) is 5.75 Å². The first-order valence-electron chi connectivity index (χ1n) is 14.6. The van der Waals surface area contributed by atoms with Crippen LogP contribution in [-0.4, -0.2) is 91.0 Å². The molecule has 2 aromatic carbocycles. The Labute approximate surface area is 258 Å². The molecule has 2 unspecified atom stereocenters. The van der Waals surface area contributed by atoms with E-state index in [1.807, 2.05) is 49.3 Å². The molecule has 1 heterocycles. The molecule has 45 heavy (non-hydrogen) atoms. The summed E-state index contributed by atoms with van der Waals surface area (Å²) in [6.07, 6.45) is 3.73. The highest BCUT2D eigenvalue weighted by Gasteiger charge is 2.69. The number of amides is 1. The number of carbonyl (C=O) groups excluding carboxylic acids is 5. The molecule has 0 saturated heterocycles. The third-order valence-corrected chi connectivity index (χ3v) is 9.43. The fourth-order valence-corrected chi connectivity index (χ4v) is 7.44. The van der Waals surface area contributed by atoms with Crippen LogP contribution in [0.3, 0.4) is 0 Å². The first-order chi connectivity index (χ1) is 21.3. The summed E-state index contributed by atoms with van der Waals surface area (Å²) < 4.78 is 11.4. The number of anilines is 1. The number of nitrogens with zero attached hydrogens (tertiary/aromatic N) is 3. The van der Waals surface area contributed by atoms with Crippen LogP contribution in [0.2, 0.25) is 0 Å². The van der Waals surface area contributed by atoms with Gasteiger partial charge in [-0.2, -0.15) is 0 Å². The average Bonchev–Trinajstić information content (AvgIpc) is 3.40. The maximum absolute atomic E-state index is 14.4. The van der Waals surface area contributed by atoms with Gasteiger partial charge in [-0.25, -0.2) is 4.98 Å². The van der Waals surface area contributed by atoms with E-state index < -0.39 is 64.4 Å². The SMILES string of the molecule is COc1cccc(C=Cc2nc3cc(N(C)C)c4c(c3o2)C(=O)C2C(=O)[C@]3(O)C(=O)C(C(N)=O)C(=O)[C@@H](N(C)C)[C@@H]3C[C@@H]2C4)c1. The molecule has 0 bridgehead atoms. The number of likely N-dealkylation sites (N-methyl/N-ethyl adjacent to an activating group) is 1. The lowest BCUT2D eigenvalue weighted by Crippen LogP contribution is -2.74. The van der Waals surface area contributed by atoms with Crippen LogP contribution < -0.4 is 15.4 Å². The van der Waals surface area contributed by atoms with Gasteiger partial charge in [0, 0.05) is 31.8 Å². The molecular formula is C33H34N4O8. The fraction of sp³-hybridized carbons (Fsp3) is 0.394. The van der Waals surface area contributed by atoms with Gasteiger partial charge in [0.05, 0.1) is 24.6 Å². The number of ketones is 4. The van der Waals surface area contributed by atoms with Gasteiger partial charge in [0.2, 0.25) is 11.8 Å². The predicted molar refractivity (Wildman–Crippen MR) is 164 cm³/mol. The molecule has 234 valence electrons. The van der Waals surface area contributed by atoms with Crippen molar-refractivity contribution in [2.75, 3.05) is 40.2 Å². The Kier molecular flexibility index (Phi) is 7.24. The zero-order chi connectivity index (χ0) is 32.5. The van der Waals surface area contributed by atoms with Crippen molar-refractivity contribution in [1.82, 2.24) is 9.88 Å². The number of hydrogen-bond acceptors (Lipinski definition) is 11. The molecule has 12 heteroatoms. The molecule has 3 aromatic rings. The van der Waals surface area contributed by atoms with E-state index in [1.54, 1.807) is 33.4 Å². The van der Waals surface area contributed by atoms with Crippen molar-refractivity contribution in [1.29, 1.82) is 0 Å². The molecule has 0 radical (unpaired) electrons. The molecule has 1 amide bonds. The molecule has 2 fully saturated rings. The highest BCUT2D eigenvalue weighted by Crippen LogP contribution is 2.51. The number of aliphatic hydroxyl groups is 1. The van der Waals surface area contributed by atoms with Crippen molar-refractivity contribution in [2.45, 2.75) is 24.5 Å². The van der Waals surface area contributed by atoms with E-state index in [-0.39, 0.29) is 29.9 Å². The number of aromatic nitrogens is 1. The zero-order valence-corrected chi connectivity index (χ0v) is 25.6. The molecule has 6 atom stereocenters. The Bertz CT molecular complexity index is 1820. The van der Waals surface area contributed by atoms with Crippen LogP contribution >= 0.6 is 0 Å². The number of rotatable bonds is 6. The Morgan fingerprint density at radius 1 is 1.11 bits per heavy atom. The minimum absolute atomic E-state index is 0.0275. The van der Waals surface area contributed by atoms with Crippen LogP contribution in [-0.2, 0) is 25.6 Å². The molecule has 1 aromatic heterocycles. The van der Waals surface area contributed by atoms with Crippen molar-refractivity contribution >= 4 is 58.0 Å². The van der Waals surface area contributed by atoms with Gasteiger partial charge in [0.25, 0.3) is 0 Å². The molecule has 0 aliphatic heterocycles. The molecule has 3 aliphatic carbocycles. The number of nitrogens with two attached hydrogens (primary N) is 1. The number of primary amides is 1. The summed E-state index contributed by atoms with van der Waals surface area (Å²) in [5, 5.41) is 11.9. The quantitative estimate of drug-likeness (QED) is 0.386. The number of oxazole rings is 1. The number of benzene rings is 2. The molecule has 0 spiro atoms. The second kappa shape index (κ2) is 10.7. The monoisotopic (exact) mass is 614 g/mol. The van der Waals surface area contributed by atoms with E-state index in [1.165, 1.54) is 4.90 Å². The molecule has 3 aliphatic rings. The van der Waals surface area contributed by atoms with Gasteiger partial charge >= 0.3 is 0 Å². The maximum Gasteiger partial charge on any atom is 0.235 e. The second-order valence-electron chi connectivity index (χ2n) is 12.4. The summed E-state index contributed by atoms with van der Waals surface area (Å²) in [6, 6.07) is 8.08. The Balaban J connectivity index is 1.46. The average molecular weight is 615 g/mol. The molecular weight excluding hydrogens is 580 g/mol. The number of ether oxygens (including phenoxy) is 1. The summed E-state index contributed by atoms with van der Waals surface area (Å²) in [7, 11) is 8.38. The molecule has 6 rings (SSSR count). The lowest BCUT2D eigenvalue weighted by atomic mass is 9.52. The highest BCUT2D eigenvalue weighted by atomic mass is 16.5. The van der Waals surface area contributed by atoms with Crippen molar-refractivity contribution in [2.24, 2.45) is 29.4 Å². The van der Waals surface area contributed by atoms with E-state index >= 15 is 0 Å². The minimum Gasteiger partial charge on any atom is -0.497 e. The van der Waals surface area contributed by atoms with E-state index in [0.717, 1.165) is 5.56 Å². The normalized spacial score (nSPS) is 27.9.